The van der Waals surface area contributed by atoms with Crippen molar-refractivity contribution in [3.8, 4) is 0 Å². The molecule has 6 nitrogen and oxygen atoms in total. The van der Waals surface area contributed by atoms with Gasteiger partial charge < -0.3 is 10.0 Å². The van der Waals surface area contributed by atoms with Crippen LogP contribution in [0.3, 0.4) is 0 Å². The molecule has 19 heavy (non-hydrogen) atoms. The monoisotopic (exact) mass is 265 g/mol. The summed E-state index contributed by atoms with van der Waals surface area (Å²) in [6.07, 6.45) is 4.98. The van der Waals surface area contributed by atoms with Crippen LogP contribution in [-0.4, -0.2) is 44.7 Å². The second-order valence-electron chi connectivity index (χ2n) is 4.96. The Kier molecular flexibility index (Phi) is 4.19. The highest BCUT2D eigenvalue weighted by Crippen LogP contribution is 2.19. The first-order valence-electron chi connectivity index (χ1n) is 6.60. The average molecular weight is 265 g/mol. The zero-order chi connectivity index (χ0) is 13.8. The largest absolute Gasteiger partial charge is 0.480 e. The van der Waals surface area contributed by atoms with Gasteiger partial charge in [-0.15, -0.1) is 0 Å². The topological polar surface area (TPSA) is 86.3 Å². The van der Waals surface area contributed by atoms with Gasteiger partial charge in [0.15, 0.2) is 0 Å². The van der Waals surface area contributed by atoms with E-state index in [2.05, 4.69) is 10.2 Å². The van der Waals surface area contributed by atoms with Crippen molar-refractivity contribution in [3.63, 3.8) is 0 Å². The maximum absolute atomic E-state index is 12.2. The molecule has 104 valence electrons. The van der Waals surface area contributed by atoms with Crippen LogP contribution in [0.2, 0.25) is 0 Å². The second-order valence-corrected chi connectivity index (χ2v) is 4.96. The van der Waals surface area contributed by atoms with Crippen LogP contribution in [0.25, 0.3) is 0 Å². The number of hydrogen-bond acceptors (Lipinski definition) is 3. The number of rotatable bonds is 4. The van der Waals surface area contributed by atoms with Gasteiger partial charge in [-0.2, -0.15) is 5.10 Å². The van der Waals surface area contributed by atoms with Crippen LogP contribution in [0.1, 0.15) is 36.9 Å². The normalized spacial score (nSPS) is 19.4. The van der Waals surface area contributed by atoms with E-state index in [1.807, 2.05) is 6.92 Å². The number of aryl methyl sites for hydroxylation is 2. The molecule has 0 aliphatic carbocycles. The maximum atomic E-state index is 12.2. The summed E-state index contributed by atoms with van der Waals surface area (Å²) in [5, 5.41) is 15.9. The van der Waals surface area contributed by atoms with Crippen LogP contribution in [-0.2, 0) is 16.0 Å². The molecule has 1 aromatic heterocycles. The van der Waals surface area contributed by atoms with Gasteiger partial charge in [0.2, 0.25) is 5.91 Å². The molecule has 1 aromatic rings. The van der Waals surface area contributed by atoms with Gasteiger partial charge in [-0.05, 0) is 38.2 Å². The molecule has 1 aliphatic rings. The SMILES string of the molecule is Cc1[nH]ncc1CCC(=O)N1CCCCC1C(=O)O. The number of aliphatic carboxylic acids is 1. The Balaban J connectivity index is 1.94. The number of carbonyl (C=O) groups excluding carboxylic acids is 1. The lowest BCUT2D eigenvalue weighted by Crippen LogP contribution is -2.48. The fourth-order valence-electron chi connectivity index (χ4n) is 2.50. The summed E-state index contributed by atoms with van der Waals surface area (Å²) in [4.78, 5) is 24.8. The molecule has 1 amide bonds. The number of likely N-dealkylation sites (tertiary alicyclic amines) is 1. The van der Waals surface area contributed by atoms with Gasteiger partial charge in [0, 0.05) is 18.7 Å². The van der Waals surface area contributed by atoms with Gasteiger partial charge in [0.1, 0.15) is 6.04 Å². The van der Waals surface area contributed by atoms with Crippen molar-refractivity contribution in [2.45, 2.75) is 45.1 Å². The van der Waals surface area contributed by atoms with Gasteiger partial charge in [-0.3, -0.25) is 9.89 Å². The molecule has 1 fully saturated rings. The van der Waals surface area contributed by atoms with Crippen LogP contribution >= 0.6 is 0 Å². The number of carboxylic acids is 1. The standard InChI is InChI=1S/C13H19N3O3/c1-9-10(8-14-15-9)5-6-12(17)16-7-3-2-4-11(16)13(18)19/h8,11H,2-7H2,1H3,(H,14,15)(H,18,19). The lowest BCUT2D eigenvalue weighted by molar-refractivity contribution is -0.152. The molecule has 1 aliphatic heterocycles. The van der Waals surface area contributed by atoms with Gasteiger partial charge in [0.05, 0.1) is 6.20 Å². The minimum absolute atomic E-state index is 0.0762. The summed E-state index contributed by atoms with van der Waals surface area (Å²) in [5.74, 6) is -0.972. The van der Waals surface area contributed by atoms with Crippen LogP contribution in [0.5, 0.6) is 0 Å². The third-order valence-corrected chi connectivity index (χ3v) is 3.65. The molecule has 1 saturated heterocycles. The quantitative estimate of drug-likeness (QED) is 0.854. The summed E-state index contributed by atoms with van der Waals surface area (Å²) in [6.45, 7) is 2.47. The number of nitrogens with zero attached hydrogens (tertiary/aromatic N) is 2. The van der Waals surface area contributed by atoms with E-state index in [9.17, 15) is 9.59 Å². The molecule has 0 aromatic carbocycles. The Morgan fingerprint density at radius 3 is 2.95 bits per heavy atom. The zero-order valence-electron chi connectivity index (χ0n) is 11.1. The fraction of sp³-hybridized carbons (Fsp3) is 0.615. The molecule has 0 spiro atoms. The summed E-state index contributed by atoms with van der Waals surface area (Å²) < 4.78 is 0. The number of carbonyl (C=O) groups is 2. The van der Waals surface area contributed by atoms with E-state index in [-0.39, 0.29) is 5.91 Å². The molecule has 0 saturated carbocycles. The molecule has 2 rings (SSSR count). The van der Waals surface area contributed by atoms with Gasteiger partial charge >= 0.3 is 5.97 Å². The van der Waals surface area contributed by atoms with Gasteiger partial charge in [-0.1, -0.05) is 0 Å². The fourth-order valence-corrected chi connectivity index (χ4v) is 2.50. The highest BCUT2D eigenvalue weighted by atomic mass is 16.4. The Morgan fingerprint density at radius 2 is 2.32 bits per heavy atom. The Labute approximate surface area is 111 Å². The summed E-state index contributed by atoms with van der Waals surface area (Å²) in [6, 6.07) is -0.647. The maximum Gasteiger partial charge on any atom is 0.326 e. The highest BCUT2D eigenvalue weighted by Gasteiger charge is 2.31. The minimum atomic E-state index is -0.896. The van der Waals surface area contributed by atoms with Crippen molar-refractivity contribution in [1.82, 2.24) is 15.1 Å². The van der Waals surface area contributed by atoms with Crippen LogP contribution in [0.15, 0.2) is 6.20 Å². The smallest absolute Gasteiger partial charge is 0.326 e. The van der Waals surface area contributed by atoms with Crippen molar-refractivity contribution in [3.05, 3.63) is 17.5 Å². The van der Waals surface area contributed by atoms with Gasteiger partial charge in [0.25, 0.3) is 0 Å². The molecule has 0 bridgehead atoms. The van der Waals surface area contributed by atoms with E-state index in [0.29, 0.717) is 25.8 Å². The first kappa shape index (κ1) is 13.6. The summed E-state index contributed by atoms with van der Waals surface area (Å²) in [5.41, 5.74) is 1.97. The first-order valence-corrected chi connectivity index (χ1v) is 6.60. The van der Waals surface area contributed by atoms with Crippen LogP contribution in [0, 0.1) is 6.92 Å². The number of hydrogen-bond donors (Lipinski definition) is 2. The van der Waals surface area contributed by atoms with E-state index >= 15 is 0 Å². The lowest BCUT2D eigenvalue weighted by Gasteiger charge is -2.33. The zero-order valence-corrected chi connectivity index (χ0v) is 11.1. The molecule has 6 heteroatoms. The van der Waals surface area contributed by atoms with E-state index < -0.39 is 12.0 Å². The van der Waals surface area contributed by atoms with Crippen molar-refractivity contribution in [2.24, 2.45) is 0 Å². The lowest BCUT2D eigenvalue weighted by atomic mass is 10.0. The van der Waals surface area contributed by atoms with Crippen molar-refractivity contribution >= 4 is 11.9 Å². The number of H-pyrrole nitrogens is 1. The molecule has 2 heterocycles. The number of aromatic amines is 1. The average Bonchev–Trinajstić information content (AvgIpc) is 2.81. The summed E-state index contributed by atoms with van der Waals surface area (Å²) >= 11 is 0. The minimum Gasteiger partial charge on any atom is -0.480 e. The molecule has 2 N–H and O–H groups in total. The Hall–Kier alpha value is -1.85. The van der Waals surface area contributed by atoms with Crippen molar-refractivity contribution in [1.29, 1.82) is 0 Å². The number of carboxylic acid groups (broad SMARTS) is 1. The van der Waals surface area contributed by atoms with Crippen molar-refractivity contribution in [2.75, 3.05) is 6.54 Å². The molecule has 1 unspecified atom stereocenters. The number of amides is 1. The van der Waals surface area contributed by atoms with E-state index in [1.54, 1.807) is 6.20 Å². The third-order valence-electron chi connectivity index (χ3n) is 3.65. The highest BCUT2D eigenvalue weighted by molar-refractivity contribution is 5.84. The molecule has 1 atom stereocenters. The van der Waals surface area contributed by atoms with E-state index in [0.717, 1.165) is 24.1 Å². The summed E-state index contributed by atoms with van der Waals surface area (Å²) in [7, 11) is 0. The van der Waals surface area contributed by atoms with Crippen LogP contribution < -0.4 is 0 Å². The third kappa shape index (κ3) is 3.13. The number of nitrogens with one attached hydrogen (secondary N) is 1. The van der Waals surface area contributed by atoms with Crippen molar-refractivity contribution < 1.29 is 14.7 Å². The molecular formula is C13H19N3O3. The number of aromatic nitrogens is 2. The van der Waals surface area contributed by atoms with E-state index in [4.69, 9.17) is 5.11 Å². The molecule has 0 radical (unpaired) electrons. The molecular weight excluding hydrogens is 246 g/mol. The van der Waals surface area contributed by atoms with Gasteiger partial charge in [-0.25, -0.2) is 4.79 Å². The van der Waals surface area contributed by atoms with E-state index in [1.165, 1.54) is 4.90 Å². The first-order chi connectivity index (χ1) is 9.09. The van der Waals surface area contributed by atoms with Crippen LogP contribution in [0.4, 0.5) is 0 Å². The predicted octanol–water partition coefficient (Wildman–Crippen LogP) is 1.12. The Bertz CT molecular complexity index is 469. The second kappa shape index (κ2) is 5.86. The predicted molar refractivity (Wildman–Crippen MR) is 68.6 cm³/mol. The number of piperidine rings is 1. The Morgan fingerprint density at radius 1 is 1.53 bits per heavy atom.